The number of rotatable bonds is 4. The van der Waals surface area contributed by atoms with E-state index in [0.29, 0.717) is 6.42 Å². The van der Waals surface area contributed by atoms with Crippen LogP contribution in [0.5, 0.6) is 0 Å². The number of aromatic amines is 1. The Morgan fingerprint density at radius 3 is 2.96 bits per heavy atom. The summed E-state index contributed by atoms with van der Waals surface area (Å²) in [7, 11) is 0. The average Bonchev–Trinajstić information content (AvgIpc) is 3.14. The molecule has 1 aromatic carbocycles. The SMILES string of the molecule is CCCC(=O)Nc1sc2c(c1-c1nc3ccccc3[nH]1)CCCC2. The van der Waals surface area contributed by atoms with Gasteiger partial charge in [0.25, 0.3) is 0 Å². The van der Waals surface area contributed by atoms with Crippen molar-refractivity contribution in [1.29, 1.82) is 0 Å². The Labute approximate surface area is 145 Å². The molecule has 3 aromatic rings. The van der Waals surface area contributed by atoms with Gasteiger partial charge >= 0.3 is 0 Å². The summed E-state index contributed by atoms with van der Waals surface area (Å²) in [6.07, 6.45) is 6.03. The van der Waals surface area contributed by atoms with Crippen LogP contribution in [0.1, 0.15) is 43.0 Å². The highest BCUT2D eigenvalue weighted by Gasteiger charge is 2.24. The molecule has 0 radical (unpaired) electrons. The second-order valence-corrected chi connectivity index (χ2v) is 7.42. The summed E-state index contributed by atoms with van der Waals surface area (Å²) >= 11 is 1.73. The van der Waals surface area contributed by atoms with Gasteiger partial charge in [-0.1, -0.05) is 19.1 Å². The van der Waals surface area contributed by atoms with Crippen molar-refractivity contribution in [2.75, 3.05) is 5.32 Å². The van der Waals surface area contributed by atoms with E-state index in [-0.39, 0.29) is 5.91 Å². The first kappa shape index (κ1) is 15.4. The summed E-state index contributed by atoms with van der Waals surface area (Å²) in [6.45, 7) is 2.03. The molecule has 24 heavy (non-hydrogen) atoms. The molecule has 5 heteroatoms. The van der Waals surface area contributed by atoms with Crippen LogP contribution >= 0.6 is 11.3 Å². The second-order valence-electron chi connectivity index (χ2n) is 6.32. The van der Waals surface area contributed by atoms with Gasteiger partial charge < -0.3 is 10.3 Å². The molecule has 1 aliphatic rings. The number of benzene rings is 1. The monoisotopic (exact) mass is 339 g/mol. The number of hydrogen-bond acceptors (Lipinski definition) is 3. The molecule has 124 valence electrons. The van der Waals surface area contributed by atoms with E-state index in [1.54, 1.807) is 11.3 Å². The van der Waals surface area contributed by atoms with Gasteiger partial charge in [0, 0.05) is 11.3 Å². The van der Waals surface area contributed by atoms with Gasteiger partial charge in [-0.05, 0) is 49.8 Å². The Morgan fingerprint density at radius 1 is 1.29 bits per heavy atom. The van der Waals surface area contributed by atoms with Crippen LogP contribution in [0.2, 0.25) is 0 Å². The Hall–Kier alpha value is -2.14. The summed E-state index contributed by atoms with van der Waals surface area (Å²) in [5, 5.41) is 4.09. The van der Waals surface area contributed by atoms with Crippen LogP contribution in [0.3, 0.4) is 0 Å². The van der Waals surface area contributed by atoms with Crippen molar-refractivity contribution < 1.29 is 4.79 Å². The van der Waals surface area contributed by atoms with E-state index in [4.69, 9.17) is 4.98 Å². The highest BCUT2D eigenvalue weighted by atomic mass is 32.1. The molecule has 0 aliphatic heterocycles. The number of hydrogen-bond donors (Lipinski definition) is 2. The van der Waals surface area contributed by atoms with Crippen molar-refractivity contribution in [3.8, 4) is 11.4 Å². The molecular weight excluding hydrogens is 318 g/mol. The topological polar surface area (TPSA) is 57.8 Å². The molecule has 2 N–H and O–H groups in total. The predicted molar refractivity (Wildman–Crippen MR) is 99.6 cm³/mol. The Kier molecular flexibility index (Phi) is 4.10. The maximum Gasteiger partial charge on any atom is 0.224 e. The number of thiophene rings is 1. The first-order valence-corrected chi connectivity index (χ1v) is 9.47. The number of amides is 1. The number of carbonyl (C=O) groups excluding carboxylic acids is 1. The molecule has 0 unspecified atom stereocenters. The number of carbonyl (C=O) groups is 1. The van der Waals surface area contributed by atoms with Crippen molar-refractivity contribution >= 4 is 33.3 Å². The van der Waals surface area contributed by atoms with Crippen molar-refractivity contribution in [2.45, 2.75) is 45.4 Å². The molecule has 2 aromatic heterocycles. The fourth-order valence-corrected chi connectivity index (χ4v) is 4.70. The van der Waals surface area contributed by atoms with Gasteiger partial charge in [0.1, 0.15) is 10.8 Å². The van der Waals surface area contributed by atoms with Crippen LogP contribution in [0, 0.1) is 0 Å². The normalized spacial score (nSPS) is 13.9. The minimum Gasteiger partial charge on any atom is -0.338 e. The number of H-pyrrole nitrogens is 1. The third kappa shape index (κ3) is 2.73. The lowest BCUT2D eigenvalue weighted by Crippen LogP contribution is -2.10. The number of anilines is 1. The lowest BCUT2D eigenvalue weighted by molar-refractivity contribution is -0.116. The predicted octanol–water partition coefficient (Wildman–Crippen LogP) is 4.91. The van der Waals surface area contributed by atoms with Crippen LogP contribution in [-0.2, 0) is 17.6 Å². The van der Waals surface area contributed by atoms with Crippen molar-refractivity contribution in [3.63, 3.8) is 0 Å². The molecule has 4 nitrogen and oxygen atoms in total. The van der Waals surface area contributed by atoms with Crippen LogP contribution in [0.25, 0.3) is 22.4 Å². The van der Waals surface area contributed by atoms with Crippen molar-refractivity contribution in [2.24, 2.45) is 0 Å². The van der Waals surface area contributed by atoms with E-state index in [1.807, 2.05) is 31.2 Å². The molecule has 0 fully saturated rings. The van der Waals surface area contributed by atoms with Crippen LogP contribution in [0.15, 0.2) is 24.3 Å². The van der Waals surface area contributed by atoms with Crippen molar-refractivity contribution in [3.05, 3.63) is 34.7 Å². The first-order valence-electron chi connectivity index (χ1n) is 8.65. The number of aromatic nitrogens is 2. The summed E-state index contributed by atoms with van der Waals surface area (Å²) in [6, 6.07) is 8.07. The van der Waals surface area contributed by atoms with Gasteiger partial charge in [0.15, 0.2) is 0 Å². The molecular formula is C19H21N3OS. The van der Waals surface area contributed by atoms with Crippen molar-refractivity contribution in [1.82, 2.24) is 9.97 Å². The van der Waals surface area contributed by atoms with E-state index in [0.717, 1.165) is 46.7 Å². The fourth-order valence-electron chi connectivity index (χ4n) is 3.39. The Bertz CT molecular complexity index is 860. The molecule has 4 rings (SSSR count). The lowest BCUT2D eigenvalue weighted by atomic mass is 9.95. The Balaban J connectivity index is 1.82. The zero-order valence-corrected chi connectivity index (χ0v) is 14.6. The number of aryl methyl sites for hydroxylation is 1. The first-order chi connectivity index (χ1) is 11.8. The van der Waals surface area contributed by atoms with E-state index in [9.17, 15) is 4.79 Å². The smallest absolute Gasteiger partial charge is 0.224 e. The summed E-state index contributed by atoms with van der Waals surface area (Å²) < 4.78 is 0. The highest BCUT2D eigenvalue weighted by molar-refractivity contribution is 7.17. The van der Waals surface area contributed by atoms with E-state index >= 15 is 0 Å². The molecule has 0 atom stereocenters. The zero-order chi connectivity index (χ0) is 16.5. The van der Waals surface area contributed by atoms with Gasteiger partial charge in [0.2, 0.25) is 5.91 Å². The minimum atomic E-state index is 0.0912. The number of nitrogens with one attached hydrogen (secondary N) is 2. The summed E-state index contributed by atoms with van der Waals surface area (Å²) in [4.78, 5) is 21.8. The van der Waals surface area contributed by atoms with E-state index in [1.165, 1.54) is 23.3 Å². The summed E-state index contributed by atoms with van der Waals surface area (Å²) in [5.74, 6) is 0.968. The number of para-hydroxylation sites is 2. The van der Waals surface area contributed by atoms with E-state index in [2.05, 4.69) is 10.3 Å². The third-order valence-corrected chi connectivity index (χ3v) is 5.73. The maximum atomic E-state index is 12.1. The van der Waals surface area contributed by atoms with E-state index < -0.39 is 0 Å². The number of imidazole rings is 1. The van der Waals surface area contributed by atoms with Gasteiger partial charge in [-0.3, -0.25) is 4.79 Å². The second kappa shape index (κ2) is 6.40. The van der Waals surface area contributed by atoms with Crippen LogP contribution in [-0.4, -0.2) is 15.9 Å². The van der Waals surface area contributed by atoms with Gasteiger partial charge in [-0.25, -0.2) is 4.98 Å². The molecule has 2 heterocycles. The van der Waals surface area contributed by atoms with Crippen LogP contribution < -0.4 is 5.32 Å². The average molecular weight is 339 g/mol. The van der Waals surface area contributed by atoms with Gasteiger partial charge in [-0.15, -0.1) is 11.3 Å². The Morgan fingerprint density at radius 2 is 2.12 bits per heavy atom. The number of fused-ring (bicyclic) bond motifs is 2. The lowest BCUT2D eigenvalue weighted by Gasteiger charge is -2.11. The van der Waals surface area contributed by atoms with Crippen LogP contribution in [0.4, 0.5) is 5.00 Å². The largest absolute Gasteiger partial charge is 0.338 e. The quantitative estimate of drug-likeness (QED) is 0.709. The molecule has 0 saturated heterocycles. The maximum absolute atomic E-state index is 12.1. The molecule has 0 saturated carbocycles. The summed E-state index contributed by atoms with van der Waals surface area (Å²) in [5.41, 5.74) is 4.48. The third-order valence-electron chi connectivity index (χ3n) is 4.53. The zero-order valence-electron chi connectivity index (χ0n) is 13.8. The minimum absolute atomic E-state index is 0.0912. The number of nitrogens with zero attached hydrogens (tertiary/aromatic N) is 1. The fraction of sp³-hybridized carbons (Fsp3) is 0.368. The molecule has 0 bridgehead atoms. The van der Waals surface area contributed by atoms with Gasteiger partial charge in [0.05, 0.1) is 16.6 Å². The molecule has 0 spiro atoms. The standard InChI is InChI=1S/C19H21N3OS/c1-2-7-16(23)22-19-17(12-8-3-6-11-15(12)24-19)18-20-13-9-4-5-10-14(13)21-18/h4-5,9-10H,2-3,6-8,11H2,1H3,(H,20,21)(H,22,23). The highest BCUT2D eigenvalue weighted by Crippen LogP contribution is 2.43. The van der Waals surface area contributed by atoms with Gasteiger partial charge in [-0.2, -0.15) is 0 Å². The molecule has 1 aliphatic carbocycles. The molecule has 1 amide bonds.